The Morgan fingerprint density at radius 3 is 2.83 bits per heavy atom. The van der Waals surface area contributed by atoms with Crippen molar-refractivity contribution in [1.82, 2.24) is 20.4 Å². The largest absolute Gasteiger partial charge is 0.497 e. The number of aromatic nitrogens is 2. The predicted molar refractivity (Wildman–Crippen MR) is 112 cm³/mol. The molecule has 2 amide bonds. The van der Waals surface area contributed by atoms with E-state index in [2.05, 4.69) is 22.4 Å². The minimum Gasteiger partial charge on any atom is -0.497 e. The number of fused-ring (bicyclic) bond motifs is 1. The number of ether oxygens (including phenoxy) is 2. The van der Waals surface area contributed by atoms with Crippen LogP contribution in [-0.4, -0.2) is 59.3 Å². The molecule has 1 aromatic heterocycles. The first-order valence-electron chi connectivity index (χ1n) is 10.3. The number of nitrogens with one attached hydrogen (secondary N) is 2. The van der Waals surface area contributed by atoms with Crippen molar-refractivity contribution < 1.29 is 19.1 Å². The summed E-state index contributed by atoms with van der Waals surface area (Å²) in [5.74, 6) is 1.31. The van der Waals surface area contributed by atoms with Gasteiger partial charge in [-0.05, 0) is 56.9 Å². The van der Waals surface area contributed by atoms with E-state index in [4.69, 9.17) is 9.47 Å². The van der Waals surface area contributed by atoms with Gasteiger partial charge in [0.15, 0.2) is 0 Å². The molecule has 0 unspecified atom stereocenters. The third-order valence-corrected chi connectivity index (χ3v) is 6.26. The van der Waals surface area contributed by atoms with E-state index < -0.39 is 0 Å². The molecular weight excluding hydrogens is 384 g/mol. The Balaban J connectivity index is 1.62. The van der Waals surface area contributed by atoms with Gasteiger partial charge in [-0.1, -0.05) is 0 Å². The molecule has 2 fully saturated rings. The van der Waals surface area contributed by atoms with E-state index in [1.54, 1.807) is 20.3 Å². The molecule has 0 saturated carbocycles. The highest BCUT2D eigenvalue weighted by Gasteiger charge is 2.45. The van der Waals surface area contributed by atoms with Gasteiger partial charge in [-0.3, -0.25) is 14.7 Å². The number of hydrogen-bond acceptors (Lipinski definition) is 5. The highest BCUT2D eigenvalue weighted by Crippen LogP contribution is 2.35. The van der Waals surface area contributed by atoms with Crippen LogP contribution in [-0.2, 0) is 4.79 Å². The van der Waals surface area contributed by atoms with Crippen LogP contribution in [0.25, 0.3) is 11.3 Å². The number of aromatic amines is 1. The number of hydrogen-bond donors (Lipinski definition) is 2. The average molecular weight is 412 g/mol. The zero-order chi connectivity index (χ0) is 21.3. The Labute approximate surface area is 175 Å². The molecule has 1 aromatic carbocycles. The van der Waals surface area contributed by atoms with Gasteiger partial charge in [0, 0.05) is 18.5 Å². The topological polar surface area (TPSA) is 96.5 Å². The van der Waals surface area contributed by atoms with Crippen molar-refractivity contribution in [2.75, 3.05) is 20.8 Å². The molecule has 3 heterocycles. The number of rotatable bonds is 4. The lowest BCUT2D eigenvalue weighted by atomic mass is 9.81. The molecule has 2 saturated heterocycles. The summed E-state index contributed by atoms with van der Waals surface area (Å²) in [5.41, 5.74) is 1.40. The molecule has 160 valence electrons. The zero-order valence-corrected chi connectivity index (χ0v) is 17.7. The third-order valence-electron chi connectivity index (χ3n) is 6.26. The van der Waals surface area contributed by atoms with E-state index in [9.17, 15) is 9.59 Å². The SMILES string of the molecule is COc1ccc(OC)c(-c2cc(C(=O)N3CCC[C@]4(C)NC(=O)CCC[C@H]34)[nH]n2)c1. The lowest BCUT2D eigenvalue weighted by molar-refractivity contribution is -0.123. The fourth-order valence-corrected chi connectivity index (χ4v) is 4.72. The Morgan fingerprint density at radius 1 is 1.23 bits per heavy atom. The summed E-state index contributed by atoms with van der Waals surface area (Å²) in [7, 11) is 3.20. The van der Waals surface area contributed by atoms with Gasteiger partial charge >= 0.3 is 0 Å². The van der Waals surface area contributed by atoms with Gasteiger partial charge in [-0.25, -0.2) is 0 Å². The molecule has 2 aromatic rings. The van der Waals surface area contributed by atoms with Crippen molar-refractivity contribution in [3.8, 4) is 22.8 Å². The number of carbonyl (C=O) groups is 2. The normalized spacial score (nSPS) is 23.9. The number of benzene rings is 1. The number of amides is 2. The van der Waals surface area contributed by atoms with Gasteiger partial charge in [0.25, 0.3) is 5.91 Å². The van der Waals surface area contributed by atoms with Crippen LogP contribution in [0.15, 0.2) is 24.3 Å². The van der Waals surface area contributed by atoms with Crippen LogP contribution in [0.3, 0.4) is 0 Å². The van der Waals surface area contributed by atoms with E-state index in [1.165, 1.54) is 0 Å². The summed E-state index contributed by atoms with van der Waals surface area (Å²) in [6.45, 7) is 2.73. The average Bonchev–Trinajstić information content (AvgIpc) is 3.17. The summed E-state index contributed by atoms with van der Waals surface area (Å²) in [6.07, 6.45) is 3.83. The van der Waals surface area contributed by atoms with Crippen molar-refractivity contribution in [2.45, 2.75) is 50.6 Å². The van der Waals surface area contributed by atoms with E-state index in [-0.39, 0.29) is 23.4 Å². The summed E-state index contributed by atoms with van der Waals surface area (Å²) < 4.78 is 10.8. The second-order valence-corrected chi connectivity index (χ2v) is 8.21. The van der Waals surface area contributed by atoms with Gasteiger partial charge in [0.1, 0.15) is 17.2 Å². The first kappa shape index (κ1) is 20.3. The summed E-state index contributed by atoms with van der Waals surface area (Å²) in [4.78, 5) is 27.4. The number of methoxy groups -OCH3 is 2. The fraction of sp³-hybridized carbons (Fsp3) is 0.500. The molecule has 8 heteroatoms. The lowest BCUT2D eigenvalue weighted by Gasteiger charge is -2.47. The van der Waals surface area contributed by atoms with Crippen LogP contribution in [0.4, 0.5) is 0 Å². The first-order valence-corrected chi connectivity index (χ1v) is 10.3. The first-order chi connectivity index (χ1) is 14.4. The molecule has 0 radical (unpaired) electrons. The molecule has 4 rings (SSSR count). The van der Waals surface area contributed by atoms with Crippen molar-refractivity contribution in [3.63, 3.8) is 0 Å². The van der Waals surface area contributed by atoms with Crippen molar-refractivity contribution in [2.24, 2.45) is 0 Å². The summed E-state index contributed by atoms with van der Waals surface area (Å²) in [6, 6.07) is 7.19. The van der Waals surface area contributed by atoms with Crippen molar-refractivity contribution in [1.29, 1.82) is 0 Å². The van der Waals surface area contributed by atoms with E-state index in [0.717, 1.165) is 31.2 Å². The maximum absolute atomic E-state index is 13.4. The minimum absolute atomic E-state index is 0.0247. The number of likely N-dealkylation sites (tertiary alicyclic amines) is 1. The Bertz CT molecular complexity index is 956. The molecule has 2 atom stereocenters. The number of piperidine rings is 1. The predicted octanol–water partition coefficient (Wildman–Crippen LogP) is 2.76. The molecule has 8 nitrogen and oxygen atoms in total. The molecule has 2 aliphatic heterocycles. The van der Waals surface area contributed by atoms with E-state index >= 15 is 0 Å². The molecule has 2 aliphatic rings. The Kier molecular flexibility index (Phi) is 5.40. The summed E-state index contributed by atoms with van der Waals surface area (Å²) >= 11 is 0. The van der Waals surface area contributed by atoms with Crippen molar-refractivity contribution in [3.05, 3.63) is 30.0 Å². The number of carbonyl (C=O) groups excluding carboxylic acids is 2. The standard InChI is InChI=1S/C22H28N4O4/c1-22-10-5-11-26(19(22)6-4-7-20(27)23-22)21(28)17-13-16(24-25-17)15-12-14(29-2)8-9-18(15)30-3/h8-9,12-13,19H,4-7,10-11H2,1-3H3,(H,23,27)(H,24,25)/t19-,22-/m0/s1. The van der Waals surface area contributed by atoms with Gasteiger partial charge in [0.05, 0.1) is 31.5 Å². The molecule has 2 N–H and O–H groups in total. The highest BCUT2D eigenvalue weighted by molar-refractivity contribution is 5.94. The smallest absolute Gasteiger partial charge is 0.272 e. The van der Waals surface area contributed by atoms with Gasteiger partial charge in [-0.2, -0.15) is 5.10 Å². The number of H-pyrrole nitrogens is 1. The van der Waals surface area contributed by atoms with Gasteiger partial charge in [0.2, 0.25) is 5.91 Å². The monoisotopic (exact) mass is 412 g/mol. The molecule has 0 aliphatic carbocycles. The van der Waals surface area contributed by atoms with E-state index in [1.807, 2.05) is 23.1 Å². The van der Waals surface area contributed by atoms with Crippen LogP contribution in [0.1, 0.15) is 49.5 Å². The fourth-order valence-electron chi connectivity index (χ4n) is 4.72. The minimum atomic E-state index is -0.389. The van der Waals surface area contributed by atoms with Crippen LogP contribution in [0.2, 0.25) is 0 Å². The molecular formula is C22H28N4O4. The quantitative estimate of drug-likeness (QED) is 0.805. The molecule has 0 bridgehead atoms. The Hall–Kier alpha value is -3.03. The Morgan fingerprint density at radius 2 is 2.07 bits per heavy atom. The van der Waals surface area contributed by atoms with Crippen LogP contribution >= 0.6 is 0 Å². The second-order valence-electron chi connectivity index (χ2n) is 8.21. The summed E-state index contributed by atoms with van der Waals surface area (Å²) in [5, 5.41) is 10.4. The number of nitrogens with zero attached hydrogens (tertiary/aromatic N) is 2. The van der Waals surface area contributed by atoms with E-state index in [0.29, 0.717) is 35.9 Å². The van der Waals surface area contributed by atoms with Crippen LogP contribution in [0, 0.1) is 0 Å². The maximum Gasteiger partial charge on any atom is 0.272 e. The van der Waals surface area contributed by atoms with Gasteiger partial charge < -0.3 is 19.7 Å². The maximum atomic E-state index is 13.4. The highest BCUT2D eigenvalue weighted by atomic mass is 16.5. The zero-order valence-electron chi connectivity index (χ0n) is 17.7. The lowest BCUT2D eigenvalue weighted by Crippen LogP contribution is -2.63. The van der Waals surface area contributed by atoms with Crippen LogP contribution < -0.4 is 14.8 Å². The van der Waals surface area contributed by atoms with Gasteiger partial charge in [-0.15, -0.1) is 0 Å². The van der Waals surface area contributed by atoms with Crippen LogP contribution in [0.5, 0.6) is 11.5 Å². The molecule has 0 spiro atoms. The van der Waals surface area contributed by atoms with Crippen molar-refractivity contribution >= 4 is 11.8 Å². The third kappa shape index (κ3) is 3.62. The second kappa shape index (κ2) is 8.01. The molecule has 30 heavy (non-hydrogen) atoms.